The Morgan fingerprint density at radius 1 is 1.29 bits per heavy atom. The van der Waals surface area contributed by atoms with E-state index in [9.17, 15) is 0 Å². The first-order valence-corrected chi connectivity index (χ1v) is 6.22. The summed E-state index contributed by atoms with van der Waals surface area (Å²) in [6.07, 6.45) is 1.69. The number of halogens is 1. The molecule has 0 saturated carbocycles. The maximum atomic E-state index is 5.78. The molecule has 1 aromatic heterocycles. The molecule has 0 saturated heterocycles. The molecule has 0 bridgehead atoms. The highest BCUT2D eigenvalue weighted by atomic mass is 79.9. The van der Waals surface area contributed by atoms with Crippen LogP contribution in [0.2, 0.25) is 0 Å². The summed E-state index contributed by atoms with van der Waals surface area (Å²) in [5.74, 6) is 0.940. The summed E-state index contributed by atoms with van der Waals surface area (Å²) < 4.78 is 6.39. The van der Waals surface area contributed by atoms with Gasteiger partial charge in [0.05, 0.1) is 12.8 Å². The summed E-state index contributed by atoms with van der Waals surface area (Å²) in [5, 5.41) is 0. The smallest absolute Gasteiger partial charge is 0.123 e. The third-order valence-electron chi connectivity index (χ3n) is 2.68. The van der Waals surface area contributed by atoms with Crippen molar-refractivity contribution in [2.75, 3.05) is 11.9 Å². The summed E-state index contributed by atoms with van der Waals surface area (Å²) in [6, 6.07) is 9.95. The fraction of sp³-hybridized carbons (Fsp3) is 0.231. The molecule has 17 heavy (non-hydrogen) atoms. The molecule has 0 aliphatic rings. The Balaban J connectivity index is 2.24. The van der Waals surface area contributed by atoms with Gasteiger partial charge in [0.1, 0.15) is 5.76 Å². The van der Waals surface area contributed by atoms with Gasteiger partial charge in [-0.2, -0.15) is 0 Å². The Hall–Kier alpha value is -1.26. The number of furan rings is 1. The number of nitrogens with zero attached hydrogens (tertiary/aromatic N) is 1. The van der Waals surface area contributed by atoms with Crippen molar-refractivity contribution in [1.82, 2.24) is 0 Å². The van der Waals surface area contributed by atoms with Crippen molar-refractivity contribution >= 4 is 21.6 Å². The van der Waals surface area contributed by atoms with E-state index in [1.165, 1.54) is 0 Å². The Kier molecular flexibility index (Phi) is 3.86. The van der Waals surface area contributed by atoms with E-state index in [4.69, 9.17) is 10.2 Å². The van der Waals surface area contributed by atoms with Gasteiger partial charge in [-0.1, -0.05) is 22.0 Å². The summed E-state index contributed by atoms with van der Waals surface area (Å²) in [6.45, 7) is 1.25. The average Bonchev–Trinajstić information content (AvgIpc) is 2.81. The second kappa shape index (κ2) is 5.38. The largest absolute Gasteiger partial charge is 0.467 e. The van der Waals surface area contributed by atoms with Crippen LogP contribution in [0.1, 0.15) is 11.3 Å². The van der Waals surface area contributed by atoms with Crippen LogP contribution < -0.4 is 10.6 Å². The van der Waals surface area contributed by atoms with Gasteiger partial charge >= 0.3 is 0 Å². The maximum Gasteiger partial charge on any atom is 0.123 e. The van der Waals surface area contributed by atoms with Gasteiger partial charge in [0.15, 0.2) is 0 Å². The summed E-state index contributed by atoms with van der Waals surface area (Å²) in [4.78, 5) is 2.13. The van der Waals surface area contributed by atoms with E-state index >= 15 is 0 Å². The third kappa shape index (κ3) is 2.70. The highest BCUT2D eigenvalue weighted by Gasteiger charge is 2.10. The first kappa shape index (κ1) is 12.2. The molecule has 0 amide bonds. The number of hydrogen-bond acceptors (Lipinski definition) is 3. The Morgan fingerprint density at radius 3 is 2.76 bits per heavy atom. The molecule has 2 N–H and O–H groups in total. The molecular formula is C13H15BrN2O. The summed E-state index contributed by atoms with van der Waals surface area (Å²) >= 11 is 3.52. The molecule has 2 aromatic rings. The van der Waals surface area contributed by atoms with Crippen LogP contribution in [0.4, 0.5) is 5.69 Å². The van der Waals surface area contributed by atoms with Crippen molar-refractivity contribution in [2.45, 2.75) is 13.1 Å². The van der Waals surface area contributed by atoms with Gasteiger partial charge in [0, 0.05) is 29.3 Å². The minimum Gasteiger partial charge on any atom is -0.467 e. The molecule has 1 aromatic carbocycles. The van der Waals surface area contributed by atoms with Crippen LogP contribution in [0, 0.1) is 0 Å². The van der Waals surface area contributed by atoms with Crippen LogP contribution >= 0.6 is 15.9 Å². The lowest BCUT2D eigenvalue weighted by Crippen LogP contribution is -2.18. The lowest BCUT2D eigenvalue weighted by molar-refractivity contribution is 0.507. The van der Waals surface area contributed by atoms with Crippen LogP contribution in [0.5, 0.6) is 0 Å². The van der Waals surface area contributed by atoms with E-state index in [2.05, 4.69) is 26.9 Å². The van der Waals surface area contributed by atoms with Crippen molar-refractivity contribution in [3.63, 3.8) is 0 Å². The molecular weight excluding hydrogens is 280 g/mol. The fourth-order valence-corrected chi connectivity index (χ4v) is 2.35. The zero-order chi connectivity index (χ0) is 12.3. The predicted molar refractivity (Wildman–Crippen MR) is 72.8 cm³/mol. The van der Waals surface area contributed by atoms with Gasteiger partial charge < -0.3 is 15.1 Å². The van der Waals surface area contributed by atoms with Crippen molar-refractivity contribution in [2.24, 2.45) is 5.73 Å². The van der Waals surface area contributed by atoms with Crippen LogP contribution in [0.25, 0.3) is 0 Å². The average molecular weight is 295 g/mol. The van der Waals surface area contributed by atoms with Crippen LogP contribution in [0.3, 0.4) is 0 Å². The normalized spacial score (nSPS) is 10.5. The van der Waals surface area contributed by atoms with Crippen LogP contribution in [-0.4, -0.2) is 7.05 Å². The van der Waals surface area contributed by atoms with E-state index in [0.717, 1.165) is 28.0 Å². The van der Waals surface area contributed by atoms with E-state index < -0.39 is 0 Å². The van der Waals surface area contributed by atoms with Gasteiger partial charge in [-0.25, -0.2) is 0 Å². The second-order valence-corrected chi connectivity index (χ2v) is 4.73. The number of rotatable bonds is 4. The predicted octanol–water partition coefficient (Wildman–Crippen LogP) is 3.14. The topological polar surface area (TPSA) is 42.4 Å². The number of anilines is 1. The zero-order valence-electron chi connectivity index (χ0n) is 9.69. The zero-order valence-corrected chi connectivity index (χ0v) is 11.3. The SMILES string of the molecule is CN(Cc1ccco1)c1cccc(Br)c1CN. The van der Waals surface area contributed by atoms with Gasteiger partial charge in [0.25, 0.3) is 0 Å². The first-order chi connectivity index (χ1) is 8.22. The van der Waals surface area contributed by atoms with Gasteiger partial charge in [-0.05, 0) is 24.3 Å². The molecule has 0 radical (unpaired) electrons. The van der Waals surface area contributed by atoms with Crippen molar-refractivity contribution < 1.29 is 4.42 Å². The molecule has 2 rings (SSSR count). The summed E-state index contributed by atoms with van der Waals surface area (Å²) in [7, 11) is 2.03. The molecule has 0 atom stereocenters. The number of nitrogens with two attached hydrogens (primary N) is 1. The van der Waals surface area contributed by atoms with Gasteiger partial charge in [0.2, 0.25) is 0 Å². The molecule has 0 spiro atoms. The number of benzene rings is 1. The van der Waals surface area contributed by atoms with E-state index in [0.29, 0.717) is 6.54 Å². The third-order valence-corrected chi connectivity index (χ3v) is 3.43. The molecule has 90 valence electrons. The van der Waals surface area contributed by atoms with Gasteiger partial charge in [-0.3, -0.25) is 0 Å². The molecule has 0 aliphatic carbocycles. The monoisotopic (exact) mass is 294 g/mol. The highest BCUT2D eigenvalue weighted by molar-refractivity contribution is 9.10. The van der Waals surface area contributed by atoms with Crippen molar-refractivity contribution in [3.05, 3.63) is 52.4 Å². The lowest BCUT2D eigenvalue weighted by Gasteiger charge is -2.21. The van der Waals surface area contributed by atoms with Crippen LogP contribution in [-0.2, 0) is 13.1 Å². The number of hydrogen-bond donors (Lipinski definition) is 1. The van der Waals surface area contributed by atoms with Gasteiger partial charge in [-0.15, -0.1) is 0 Å². The second-order valence-electron chi connectivity index (χ2n) is 3.88. The Morgan fingerprint density at radius 2 is 2.12 bits per heavy atom. The molecule has 0 aliphatic heterocycles. The Bertz CT molecular complexity index is 482. The minimum atomic E-state index is 0.513. The van der Waals surface area contributed by atoms with Crippen molar-refractivity contribution in [1.29, 1.82) is 0 Å². The maximum absolute atomic E-state index is 5.78. The molecule has 0 unspecified atom stereocenters. The quantitative estimate of drug-likeness (QED) is 0.942. The van der Waals surface area contributed by atoms with E-state index in [1.807, 2.05) is 31.3 Å². The lowest BCUT2D eigenvalue weighted by atomic mass is 10.1. The summed E-state index contributed by atoms with van der Waals surface area (Å²) in [5.41, 5.74) is 8.02. The molecule has 1 heterocycles. The highest BCUT2D eigenvalue weighted by Crippen LogP contribution is 2.27. The molecule has 4 heteroatoms. The minimum absolute atomic E-state index is 0.513. The van der Waals surface area contributed by atoms with Crippen LogP contribution in [0.15, 0.2) is 45.5 Å². The molecule has 3 nitrogen and oxygen atoms in total. The van der Waals surface area contributed by atoms with E-state index in [-0.39, 0.29) is 0 Å². The molecule has 0 fully saturated rings. The Labute approximate surface area is 109 Å². The fourth-order valence-electron chi connectivity index (χ4n) is 1.83. The first-order valence-electron chi connectivity index (χ1n) is 5.43. The standard InChI is InChI=1S/C13H15BrN2O/c1-16(9-10-4-3-7-17-10)13-6-2-5-12(14)11(13)8-15/h2-7H,8-9,15H2,1H3. The van der Waals surface area contributed by atoms with Crippen molar-refractivity contribution in [3.8, 4) is 0 Å². The van der Waals surface area contributed by atoms with E-state index in [1.54, 1.807) is 6.26 Å².